The predicted molar refractivity (Wildman–Crippen MR) is 162 cm³/mol. The van der Waals surface area contributed by atoms with Crippen molar-refractivity contribution in [1.29, 1.82) is 0 Å². The van der Waals surface area contributed by atoms with Crippen LogP contribution in [0.5, 0.6) is 11.5 Å². The van der Waals surface area contributed by atoms with Crippen LogP contribution in [0.2, 0.25) is 0 Å². The van der Waals surface area contributed by atoms with Gasteiger partial charge in [0.1, 0.15) is 35.5 Å². The molecule has 0 aliphatic carbocycles. The average Bonchev–Trinajstić information content (AvgIpc) is 3.50. The highest BCUT2D eigenvalue weighted by molar-refractivity contribution is 6.08. The van der Waals surface area contributed by atoms with E-state index in [4.69, 9.17) is 9.72 Å². The summed E-state index contributed by atoms with van der Waals surface area (Å²) < 4.78 is 10.9. The van der Waals surface area contributed by atoms with Gasteiger partial charge in [-0.25, -0.2) is 15.0 Å². The first-order chi connectivity index (χ1) is 20.2. The van der Waals surface area contributed by atoms with Crippen molar-refractivity contribution in [1.82, 2.24) is 24.1 Å². The minimum atomic E-state index is 0.686. The molecule has 4 aromatic heterocycles. The Morgan fingerprint density at radius 2 is 1.59 bits per heavy atom. The van der Waals surface area contributed by atoms with E-state index in [1.54, 1.807) is 6.20 Å². The third kappa shape index (κ3) is 3.70. The molecule has 7 nitrogen and oxygen atoms in total. The number of rotatable bonds is 4. The van der Waals surface area contributed by atoms with Gasteiger partial charge in [-0.05, 0) is 74.5 Å². The zero-order valence-electron chi connectivity index (χ0n) is 22.7. The van der Waals surface area contributed by atoms with E-state index in [1.165, 1.54) is 5.69 Å². The topological polar surface area (TPSA) is 61.0 Å². The van der Waals surface area contributed by atoms with Crippen LogP contribution in [-0.4, -0.2) is 24.1 Å². The van der Waals surface area contributed by atoms with Gasteiger partial charge in [-0.15, -0.1) is 0 Å². The first-order valence-electron chi connectivity index (χ1n) is 13.6. The average molecular weight is 535 g/mol. The Hall–Kier alpha value is -5.43. The molecule has 0 amide bonds. The van der Waals surface area contributed by atoms with Gasteiger partial charge in [0, 0.05) is 52.2 Å². The molecule has 198 valence electrons. The van der Waals surface area contributed by atoms with Crippen molar-refractivity contribution in [2.45, 2.75) is 20.5 Å². The highest BCUT2D eigenvalue weighted by Gasteiger charge is 2.26. The third-order valence-electron chi connectivity index (χ3n) is 7.92. The van der Waals surface area contributed by atoms with Crippen LogP contribution in [-0.2, 0) is 6.67 Å². The molecule has 1 aliphatic heterocycles. The summed E-state index contributed by atoms with van der Waals surface area (Å²) >= 11 is 0. The second kappa shape index (κ2) is 9.06. The monoisotopic (exact) mass is 534 g/mol. The lowest BCUT2D eigenvalue weighted by molar-refractivity contribution is 0.483. The number of fused-ring (bicyclic) bond motifs is 6. The Bertz CT molecular complexity index is 2090. The second-order valence-corrected chi connectivity index (χ2v) is 10.3. The molecule has 0 N–H and O–H groups in total. The quantitative estimate of drug-likeness (QED) is 0.229. The van der Waals surface area contributed by atoms with E-state index < -0.39 is 0 Å². The lowest BCUT2D eigenvalue weighted by Gasteiger charge is -2.33. The first-order valence-corrected chi connectivity index (χ1v) is 13.6. The Balaban J connectivity index is 1.19. The fourth-order valence-electron chi connectivity index (χ4n) is 5.83. The number of nitrogens with zero attached hydrogens (tertiary/aromatic N) is 6. The molecule has 0 bridgehead atoms. The van der Waals surface area contributed by atoms with Crippen molar-refractivity contribution in [2.24, 2.45) is 0 Å². The molecule has 7 heteroatoms. The van der Waals surface area contributed by atoms with E-state index in [0.717, 1.165) is 67.7 Å². The van der Waals surface area contributed by atoms with Crippen LogP contribution < -0.4 is 9.64 Å². The Morgan fingerprint density at radius 3 is 2.49 bits per heavy atom. The standard InChI is InChI=1S/C34H26N6O/c1-22-23(2)38-21-39(30-13-4-3-11-29(30)34(38)37-22)24-9-7-10-25(19-24)41-26-15-16-27-28-12-8-18-36-33(28)40(31(27)20-26)32-14-5-6-17-35-32/h3-20H,21H2,1-2H3. The van der Waals surface area contributed by atoms with Gasteiger partial charge >= 0.3 is 0 Å². The first kappa shape index (κ1) is 23.5. The molecule has 1 aliphatic rings. The van der Waals surface area contributed by atoms with E-state index in [9.17, 15) is 0 Å². The Morgan fingerprint density at radius 1 is 0.732 bits per heavy atom. The number of hydrogen-bond acceptors (Lipinski definition) is 5. The Kier molecular flexibility index (Phi) is 5.18. The van der Waals surface area contributed by atoms with E-state index in [1.807, 2.05) is 48.7 Å². The number of para-hydroxylation sites is 1. The molecule has 0 saturated carbocycles. The largest absolute Gasteiger partial charge is 0.457 e. The zero-order valence-corrected chi connectivity index (χ0v) is 22.7. The summed E-state index contributed by atoms with van der Waals surface area (Å²) in [5, 5.41) is 2.18. The number of aromatic nitrogens is 5. The van der Waals surface area contributed by atoms with Crippen LogP contribution in [0.1, 0.15) is 11.4 Å². The number of benzene rings is 3. The smallest absolute Gasteiger partial charge is 0.146 e. The SMILES string of the molecule is Cc1nc2n(c1C)CN(c1cccc(Oc3ccc4c5cccnc5n(-c5ccccn5)c4c3)c1)c1ccccc1-2. The summed E-state index contributed by atoms with van der Waals surface area (Å²) in [4.78, 5) is 16.5. The van der Waals surface area contributed by atoms with Crippen LogP contribution >= 0.6 is 0 Å². The van der Waals surface area contributed by atoms with Gasteiger partial charge in [-0.2, -0.15) is 0 Å². The molecule has 0 atom stereocenters. The fourth-order valence-corrected chi connectivity index (χ4v) is 5.83. The highest BCUT2D eigenvalue weighted by Crippen LogP contribution is 2.41. The van der Waals surface area contributed by atoms with Crippen molar-refractivity contribution in [2.75, 3.05) is 4.90 Å². The van der Waals surface area contributed by atoms with Crippen molar-refractivity contribution in [3.05, 3.63) is 121 Å². The summed E-state index contributed by atoms with van der Waals surface area (Å²) in [6.07, 6.45) is 3.62. The van der Waals surface area contributed by atoms with Crippen molar-refractivity contribution >= 4 is 33.3 Å². The summed E-state index contributed by atoms with van der Waals surface area (Å²) in [6, 6.07) is 32.9. The zero-order chi connectivity index (χ0) is 27.5. The maximum absolute atomic E-state index is 6.49. The van der Waals surface area contributed by atoms with Crippen LogP contribution in [0.3, 0.4) is 0 Å². The van der Waals surface area contributed by atoms with Crippen LogP contribution in [0.25, 0.3) is 39.1 Å². The summed E-state index contributed by atoms with van der Waals surface area (Å²) in [5.74, 6) is 3.35. The highest BCUT2D eigenvalue weighted by atomic mass is 16.5. The molecule has 41 heavy (non-hydrogen) atoms. The lowest BCUT2D eigenvalue weighted by Crippen LogP contribution is -2.26. The van der Waals surface area contributed by atoms with Crippen LogP contribution in [0.4, 0.5) is 11.4 Å². The maximum atomic E-state index is 6.49. The third-order valence-corrected chi connectivity index (χ3v) is 7.92. The summed E-state index contributed by atoms with van der Waals surface area (Å²) in [7, 11) is 0. The molecule has 8 rings (SSSR count). The molecule has 0 fully saturated rings. The van der Waals surface area contributed by atoms with Gasteiger partial charge in [-0.1, -0.05) is 24.3 Å². The second-order valence-electron chi connectivity index (χ2n) is 10.3. The molecular weight excluding hydrogens is 508 g/mol. The number of imidazole rings is 1. The van der Waals surface area contributed by atoms with Crippen molar-refractivity contribution < 1.29 is 4.74 Å². The molecule has 0 saturated heterocycles. The summed E-state index contributed by atoms with van der Waals surface area (Å²) in [6.45, 7) is 4.89. The molecule has 0 radical (unpaired) electrons. The summed E-state index contributed by atoms with van der Waals surface area (Å²) in [5.41, 5.74) is 7.42. The van der Waals surface area contributed by atoms with Crippen LogP contribution in [0.15, 0.2) is 109 Å². The van der Waals surface area contributed by atoms with Crippen LogP contribution in [0, 0.1) is 13.8 Å². The number of hydrogen-bond donors (Lipinski definition) is 0. The van der Waals surface area contributed by atoms with E-state index >= 15 is 0 Å². The fraction of sp³-hybridized carbons (Fsp3) is 0.0882. The maximum Gasteiger partial charge on any atom is 0.146 e. The van der Waals surface area contributed by atoms with Gasteiger partial charge in [0.2, 0.25) is 0 Å². The molecule has 0 spiro atoms. The number of anilines is 2. The predicted octanol–water partition coefficient (Wildman–Crippen LogP) is 7.96. The van der Waals surface area contributed by atoms with E-state index in [-0.39, 0.29) is 0 Å². The Labute approximate surface area is 236 Å². The number of ether oxygens (including phenoxy) is 1. The normalized spacial score (nSPS) is 12.5. The lowest BCUT2D eigenvalue weighted by atomic mass is 10.1. The van der Waals surface area contributed by atoms with Crippen molar-refractivity contribution in [3.63, 3.8) is 0 Å². The number of aryl methyl sites for hydroxylation is 1. The van der Waals surface area contributed by atoms with Gasteiger partial charge in [0.25, 0.3) is 0 Å². The molecule has 3 aromatic carbocycles. The van der Waals surface area contributed by atoms with Crippen molar-refractivity contribution in [3.8, 4) is 28.7 Å². The van der Waals surface area contributed by atoms with E-state index in [2.05, 4.69) is 92.4 Å². The van der Waals surface area contributed by atoms with Gasteiger partial charge in [-0.3, -0.25) is 4.57 Å². The van der Waals surface area contributed by atoms with Gasteiger partial charge in [0.15, 0.2) is 0 Å². The van der Waals surface area contributed by atoms with Gasteiger partial charge < -0.3 is 14.2 Å². The molecule has 0 unspecified atom stereocenters. The molecule has 5 heterocycles. The number of pyridine rings is 2. The molecule has 7 aromatic rings. The molecular formula is C34H26N6O. The minimum Gasteiger partial charge on any atom is -0.457 e. The minimum absolute atomic E-state index is 0.686. The van der Waals surface area contributed by atoms with E-state index in [0.29, 0.717) is 6.67 Å². The van der Waals surface area contributed by atoms with Gasteiger partial charge in [0.05, 0.1) is 16.9 Å².